The van der Waals surface area contributed by atoms with Crippen LogP contribution in [0.3, 0.4) is 0 Å². The van der Waals surface area contributed by atoms with Gasteiger partial charge >= 0.3 is 0 Å². The van der Waals surface area contributed by atoms with Gasteiger partial charge in [-0.05, 0) is 12.1 Å². The summed E-state index contributed by atoms with van der Waals surface area (Å²) >= 11 is 19.3. The van der Waals surface area contributed by atoms with Crippen LogP contribution >= 0.6 is 46.4 Å². The number of halogens is 4. The number of nitrogens with zero attached hydrogens (tertiary/aromatic N) is 2. The highest BCUT2D eigenvalue weighted by molar-refractivity contribution is 6.83. The van der Waals surface area contributed by atoms with Crippen molar-refractivity contribution < 1.29 is 0 Å². The first-order chi connectivity index (χ1) is 5.93. The van der Waals surface area contributed by atoms with Crippen LogP contribution in [0, 0.1) is 11.3 Å². The van der Waals surface area contributed by atoms with Gasteiger partial charge in [0.15, 0.2) is 0 Å². The van der Waals surface area contributed by atoms with Gasteiger partial charge in [-0.2, -0.15) is 5.26 Å². The molecule has 70 valence electrons. The Balaban J connectivity index is 0.000000252. The van der Waals surface area contributed by atoms with Crippen LogP contribution in [-0.4, -0.2) is 8.24 Å². The monoisotopic (exact) mass is 256 g/mol. The first-order valence-electron chi connectivity index (χ1n) is 3.00. The molecule has 1 aromatic rings. The zero-order valence-corrected chi connectivity index (χ0v) is 9.24. The van der Waals surface area contributed by atoms with Gasteiger partial charge in [0.05, 0.1) is 0 Å². The fourth-order valence-electron chi connectivity index (χ4n) is 0.429. The molecular formula is C7H4Cl4N2. The van der Waals surface area contributed by atoms with Crippen LogP contribution in [-0.2, 0) is 0 Å². The number of pyridine rings is 1. The summed E-state index contributed by atoms with van der Waals surface area (Å²) in [7, 11) is 0. The Hall–Kier alpha value is -0.200. The molecule has 0 saturated carbocycles. The van der Waals surface area contributed by atoms with Gasteiger partial charge in [-0.25, -0.2) is 4.98 Å². The molecule has 0 N–H and O–H groups in total. The number of hydrogen-bond acceptors (Lipinski definition) is 2. The lowest BCUT2D eigenvalue weighted by molar-refractivity contribution is 1.26. The van der Waals surface area contributed by atoms with Crippen molar-refractivity contribution in [3.8, 4) is 6.07 Å². The van der Waals surface area contributed by atoms with E-state index in [9.17, 15) is 0 Å². The maximum atomic E-state index is 8.23. The van der Waals surface area contributed by atoms with E-state index in [2.05, 4.69) is 4.98 Å². The van der Waals surface area contributed by atoms with Gasteiger partial charge in [0.2, 0.25) is 0 Å². The quantitative estimate of drug-likeness (QED) is 0.667. The molecule has 0 bridgehead atoms. The predicted octanol–water partition coefficient (Wildman–Crippen LogP) is 3.51. The number of alkyl halides is 4. The predicted molar refractivity (Wildman–Crippen MR) is 55.1 cm³/mol. The first kappa shape index (κ1) is 12.8. The van der Waals surface area contributed by atoms with E-state index in [-0.39, 0.29) is 0 Å². The van der Waals surface area contributed by atoms with Gasteiger partial charge in [-0.15, -0.1) is 0 Å². The lowest BCUT2D eigenvalue weighted by Crippen LogP contribution is -1.81. The van der Waals surface area contributed by atoms with Gasteiger partial charge in [-0.3, -0.25) is 0 Å². The Kier molecular flexibility index (Phi) is 6.19. The van der Waals surface area contributed by atoms with Crippen LogP contribution in [0.25, 0.3) is 0 Å². The van der Waals surface area contributed by atoms with E-state index >= 15 is 0 Å². The van der Waals surface area contributed by atoms with Crippen LogP contribution in [0.5, 0.6) is 0 Å². The van der Waals surface area contributed by atoms with E-state index in [4.69, 9.17) is 51.7 Å². The molecule has 0 radical (unpaired) electrons. The third kappa shape index (κ3) is 11.8. The Morgan fingerprint density at radius 3 is 2.00 bits per heavy atom. The summed E-state index contributed by atoms with van der Waals surface area (Å²) in [6.45, 7) is 0. The highest BCUT2D eigenvalue weighted by Gasteiger charge is 2.11. The summed E-state index contributed by atoms with van der Waals surface area (Å²) in [6, 6.07) is 7.14. The average Bonchev–Trinajstić information content (AvgIpc) is 2.03. The highest BCUT2D eigenvalue weighted by Crippen LogP contribution is 2.29. The number of rotatable bonds is 0. The minimum atomic E-state index is -1.61. The summed E-state index contributed by atoms with van der Waals surface area (Å²) in [5.41, 5.74) is 0.465. The second-order valence-corrected chi connectivity index (χ2v) is 5.18. The minimum absolute atomic E-state index is 0.465. The molecule has 0 fully saturated rings. The molecule has 1 rings (SSSR count). The summed E-state index contributed by atoms with van der Waals surface area (Å²) < 4.78 is -1.61. The summed E-state index contributed by atoms with van der Waals surface area (Å²) in [5.74, 6) is 0. The van der Waals surface area contributed by atoms with Crippen molar-refractivity contribution in [2.24, 2.45) is 0 Å². The number of aromatic nitrogens is 1. The van der Waals surface area contributed by atoms with E-state index in [0.717, 1.165) is 0 Å². The Morgan fingerprint density at radius 1 is 1.23 bits per heavy atom. The number of hydrogen-bond donors (Lipinski definition) is 0. The fourth-order valence-corrected chi connectivity index (χ4v) is 0.429. The van der Waals surface area contributed by atoms with Crippen LogP contribution in [0.15, 0.2) is 24.4 Å². The molecule has 0 spiro atoms. The third-order valence-corrected chi connectivity index (χ3v) is 0.779. The molecule has 0 atom stereocenters. The van der Waals surface area contributed by atoms with E-state index in [1.54, 1.807) is 24.4 Å². The van der Waals surface area contributed by atoms with Crippen LogP contribution < -0.4 is 0 Å². The fraction of sp³-hybridized carbons (Fsp3) is 0.143. The maximum Gasteiger partial charge on any atom is 0.266 e. The topological polar surface area (TPSA) is 36.7 Å². The van der Waals surface area contributed by atoms with E-state index < -0.39 is 3.25 Å². The molecule has 1 aromatic heterocycles. The van der Waals surface area contributed by atoms with Crippen LogP contribution in [0.4, 0.5) is 0 Å². The molecule has 0 saturated heterocycles. The Labute approximate surface area is 96.0 Å². The SMILES string of the molecule is ClC(Cl)(Cl)Cl.N#Cc1ccccn1. The third-order valence-electron chi connectivity index (χ3n) is 0.779. The van der Waals surface area contributed by atoms with E-state index in [1.165, 1.54) is 0 Å². The van der Waals surface area contributed by atoms with Crippen molar-refractivity contribution in [1.29, 1.82) is 5.26 Å². The molecule has 1 heterocycles. The average molecular weight is 258 g/mol. The Morgan fingerprint density at radius 2 is 1.77 bits per heavy atom. The molecule has 6 heteroatoms. The summed E-state index contributed by atoms with van der Waals surface area (Å²) in [5, 5.41) is 8.23. The normalized spacial score (nSPS) is 9.46. The zero-order chi connectivity index (χ0) is 10.3. The van der Waals surface area contributed by atoms with Gasteiger partial charge in [0, 0.05) is 6.20 Å². The number of nitriles is 1. The van der Waals surface area contributed by atoms with Crippen molar-refractivity contribution >= 4 is 46.4 Å². The van der Waals surface area contributed by atoms with Gasteiger partial charge in [0.1, 0.15) is 11.8 Å². The second kappa shape index (κ2) is 6.28. The lowest BCUT2D eigenvalue weighted by Gasteiger charge is -1.91. The van der Waals surface area contributed by atoms with E-state index in [1.807, 2.05) is 6.07 Å². The maximum absolute atomic E-state index is 8.23. The van der Waals surface area contributed by atoms with Crippen molar-refractivity contribution in [2.45, 2.75) is 3.25 Å². The molecular weight excluding hydrogens is 254 g/mol. The zero-order valence-electron chi connectivity index (χ0n) is 6.22. The van der Waals surface area contributed by atoms with Gasteiger partial charge in [-0.1, -0.05) is 52.5 Å². The van der Waals surface area contributed by atoms with Crippen molar-refractivity contribution in [2.75, 3.05) is 0 Å². The highest BCUT2D eigenvalue weighted by atomic mass is 35.6. The van der Waals surface area contributed by atoms with Gasteiger partial charge < -0.3 is 0 Å². The van der Waals surface area contributed by atoms with Crippen molar-refractivity contribution in [3.05, 3.63) is 30.1 Å². The first-order valence-corrected chi connectivity index (χ1v) is 4.51. The smallest absolute Gasteiger partial charge is 0.246 e. The standard InChI is InChI=1S/C6H4N2.CCl4/c7-5-6-3-1-2-4-8-6;2-1(3,4)5/h1-4H;. The van der Waals surface area contributed by atoms with Crippen molar-refractivity contribution in [3.63, 3.8) is 0 Å². The van der Waals surface area contributed by atoms with Gasteiger partial charge in [0.25, 0.3) is 3.25 Å². The molecule has 0 aromatic carbocycles. The molecule has 0 aliphatic heterocycles. The second-order valence-electron chi connectivity index (χ2n) is 1.76. The minimum Gasteiger partial charge on any atom is -0.246 e. The molecule has 0 unspecified atom stereocenters. The Bertz CT molecular complexity index is 269. The summed E-state index contributed by atoms with van der Waals surface area (Å²) in [4.78, 5) is 3.74. The summed E-state index contributed by atoms with van der Waals surface area (Å²) in [6.07, 6.45) is 1.60. The molecule has 0 aliphatic rings. The van der Waals surface area contributed by atoms with E-state index in [0.29, 0.717) is 5.69 Å². The molecule has 13 heavy (non-hydrogen) atoms. The lowest BCUT2D eigenvalue weighted by atomic mass is 10.4. The van der Waals surface area contributed by atoms with Crippen LogP contribution in [0.2, 0.25) is 0 Å². The van der Waals surface area contributed by atoms with Crippen LogP contribution in [0.1, 0.15) is 5.69 Å². The van der Waals surface area contributed by atoms with Crippen molar-refractivity contribution in [1.82, 2.24) is 4.98 Å². The molecule has 0 aliphatic carbocycles. The molecule has 2 nitrogen and oxygen atoms in total. The largest absolute Gasteiger partial charge is 0.266 e. The molecule has 0 amide bonds.